The van der Waals surface area contributed by atoms with Crippen LogP contribution >= 0.6 is 0 Å². The van der Waals surface area contributed by atoms with Crippen molar-refractivity contribution >= 4 is 12.0 Å². The molecular weight excluding hydrogens is 260 g/mol. The Labute approximate surface area is 117 Å². The number of hydrogen-bond donors (Lipinski definition) is 2. The summed E-state index contributed by atoms with van der Waals surface area (Å²) in [6, 6.07) is 5.58. The zero-order valence-electron chi connectivity index (χ0n) is 11.4. The normalized spacial score (nSPS) is 13.6. The maximum atomic E-state index is 11.9. The van der Waals surface area contributed by atoms with Crippen molar-refractivity contribution in [1.29, 1.82) is 0 Å². The zero-order chi connectivity index (χ0) is 14.5. The zero-order valence-corrected chi connectivity index (χ0v) is 11.4. The van der Waals surface area contributed by atoms with Gasteiger partial charge in [-0.15, -0.1) is 0 Å². The van der Waals surface area contributed by atoms with Gasteiger partial charge in [-0.3, -0.25) is 4.79 Å². The highest BCUT2D eigenvalue weighted by Gasteiger charge is 2.22. The number of benzene rings is 1. The molecule has 2 N–H and O–H groups in total. The molecule has 6 heteroatoms. The molecule has 0 aliphatic carbocycles. The summed E-state index contributed by atoms with van der Waals surface area (Å²) >= 11 is 0. The molecule has 1 aromatic carbocycles. The number of carbonyl (C=O) groups is 2. The lowest BCUT2D eigenvalue weighted by Crippen LogP contribution is -2.43. The Morgan fingerprint density at radius 1 is 1.45 bits per heavy atom. The fraction of sp³-hybridized carbons (Fsp3) is 0.429. The molecule has 0 fully saturated rings. The van der Waals surface area contributed by atoms with Gasteiger partial charge in [-0.05, 0) is 18.1 Å². The predicted octanol–water partition coefficient (Wildman–Crippen LogP) is 1.24. The summed E-state index contributed by atoms with van der Waals surface area (Å²) in [4.78, 5) is 24.0. The molecule has 2 rings (SSSR count). The first-order valence-electron chi connectivity index (χ1n) is 6.51. The molecule has 0 bridgehead atoms. The first-order valence-corrected chi connectivity index (χ1v) is 6.51. The molecular formula is C14H18N2O4. The van der Waals surface area contributed by atoms with E-state index in [4.69, 9.17) is 9.84 Å². The van der Waals surface area contributed by atoms with Crippen molar-refractivity contribution in [2.75, 3.05) is 20.2 Å². The van der Waals surface area contributed by atoms with E-state index in [0.29, 0.717) is 13.1 Å². The Bertz CT molecular complexity index is 516. The minimum atomic E-state index is -0.918. The van der Waals surface area contributed by atoms with Crippen molar-refractivity contribution in [3.63, 3.8) is 0 Å². The first kappa shape index (κ1) is 14.2. The molecule has 6 nitrogen and oxygen atoms in total. The molecule has 1 aliphatic heterocycles. The van der Waals surface area contributed by atoms with E-state index in [2.05, 4.69) is 5.32 Å². The van der Waals surface area contributed by atoms with Crippen molar-refractivity contribution in [3.05, 3.63) is 29.3 Å². The third-order valence-electron chi connectivity index (χ3n) is 3.35. The van der Waals surface area contributed by atoms with E-state index in [-0.39, 0.29) is 19.0 Å². The lowest BCUT2D eigenvalue weighted by Gasteiger charge is -2.29. The van der Waals surface area contributed by atoms with Crippen LogP contribution in [0.3, 0.4) is 0 Å². The minimum absolute atomic E-state index is 0.0655. The topological polar surface area (TPSA) is 78.9 Å². The minimum Gasteiger partial charge on any atom is -0.496 e. The van der Waals surface area contributed by atoms with Crippen molar-refractivity contribution in [2.24, 2.45) is 0 Å². The van der Waals surface area contributed by atoms with Crippen LogP contribution in [-0.2, 0) is 17.8 Å². The summed E-state index contributed by atoms with van der Waals surface area (Å²) < 4.78 is 5.32. The van der Waals surface area contributed by atoms with Gasteiger partial charge in [0.1, 0.15) is 5.75 Å². The lowest BCUT2D eigenvalue weighted by molar-refractivity contribution is -0.136. The Morgan fingerprint density at radius 2 is 2.25 bits per heavy atom. The van der Waals surface area contributed by atoms with Gasteiger partial charge in [0.25, 0.3) is 0 Å². The highest BCUT2D eigenvalue weighted by molar-refractivity contribution is 5.75. The molecule has 0 radical (unpaired) electrons. The number of carboxylic acid groups (broad SMARTS) is 1. The quantitative estimate of drug-likeness (QED) is 0.868. The monoisotopic (exact) mass is 278 g/mol. The molecule has 108 valence electrons. The average molecular weight is 278 g/mol. The van der Waals surface area contributed by atoms with Crippen LogP contribution in [0.25, 0.3) is 0 Å². The van der Waals surface area contributed by atoms with Crippen LogP contribution < -0.4 is 10.1 Å². The molecule has 0 unspecified atom stereocenters. The van der Waals surface area contributed by atoms with E-state index >= 15 is 0 Å². The molecule has 20 heavy (non-hydrogen) atoms. The summed E-state index contributed by atoms with van der Waals surface area (Å²) in [5.41, 5.74) is 2.22. The number of hydrogen-bond acceptors (Lipinski definition) is 3. The second-order valence-electron chi connectivity index (χ2n) is 4.65. The van der Waals surface area contributed by atoms with Gasteiger partial charge in [-0.25, -0.2) is 4.79 Å². The van der Waals surface area contributed by atoms with Crippen molar-refractivity contribution < 1.29 is 19.4 Å². The summed E-state index contributed by atoms with van der Waals surface area (Å²) in [7, 11) is 1.64. The Morgan fingerprint density at radius 3 is 2.95 bits per heavy atom. The second kappa shape index (κ2) is 6.27. The number of fused-ring (bicyclic) bond motifs is 1. The second-order valence-corrected chi connectivity index (χ2v) is 4.65. The summed E-state index contributed by atoms with van der Waals surface area (Å²) in [6.07, 6.45) is 0.676. The largest absolute Gasteiger partial charge is 0.496 e. The number of ether oxygens (including phenoxy) is 1. The van der Waals surface area contributed by atoms with Crippen LogP contribution in [0.1, 0.15) is 17.5 Å². The standard InChI is InChI=1S/C14H18N2O4/c1-20-12-4-2-3-10-9-16(8-6-11(10)12)14(19)15-7-5-13(17)18/h2-4H,5-9H2,1H3,(H,15,19)(H,17,18). The van der Waals surface area contributed by atoms with Gasteiger partial charge in [0.15, 0.2) is 0 Å². The Balaban J connectivity index is 1.97. The molecule has 0 atom stereocenters. The number of amides is 2. The van der Waals surface area contributed by atoms with Crippen LogP contribution in [0.5, 0.6) is 5.75 Å². The number of aliphatic carboxylic acids is 1. The SMILES string of the molecule is COc1cccc2c1CCN(C(=O)NCCC(=O)O)C2. The van der Waals surface area contributed by atoms with Crippen molar-refractivity contribution in [1.82, 2.24) is 10.2 Å². The number of rotatable bonds is 4. The number of nitrogens with one attached hydrogen (secondary N) is 1. The molecule has 0 spiro atoms. The van der Waals surface area contributed by atoms with Gasteiger partial charge in [0.2, 0.25) is 0 Å². The van der Waals surface area contributed by atoms with E-state index in [1.165, 1.54) is 0 Å². The van der Waals surface area contributed by atoms with Gasteiger partial charge < -0.3 is 20.1 Å². The summed E-state index contributed by atoms with van der Waals surface area (Å²) in [6.45, 7) is 1.27. The van der Waals surface area contributed by atoms with E-state index in [0.717, 1.165) is 23.3 Å². The van der Waals surface area contributed by atoms with Gasteiger partial charge in [-0.1, -0.05) is 12.1 Å². The maximum Gasteiger partial charge on any atom is 0.317 e. The number of nitrogens with zero attached hydrogens (tertiary/aromatic N) is 1. The number of methoxy groups -OCH3 is 1. The average Bonchev–Trinajstić information content (AvgIpc) is 2.45. The summed E-state index contributed by atoms with van der Waals surface area (Å²) in [5, 5.41) is 11.2. The van der Waals surface area contributed by atoms with Crippen molar-refractivity contribution in [3.8, 4) is 5.75 Å². The molecule has 1 heterocycles. The third-order valence-corrected chi connectivity index (χ3v) is 3.35. The Hall–Kier alpha value is -2.24. The van der Waals surface area contributed by atoms with E-state index in [1.54, 1.807) is 12.0 Å². The van der Waals surface area contributed by atoms with E-state index in [9.17, 15) is 9.59 Å². The van der Waals surface area contributed by atoms with E-state index < -0.39 is 5.97 Å². The van der Waals surface area contributed by atoms with Gasteiger partial charge in [0, 0.05) is 25.2 Å². The maximum absolute atomic E-state index is 11.9. The van der Waals surface area contributed by atoms with Gasteiger partial charge in [0.05, 0.1) is 13.5 Å². The van der Waals surface area contributed by atoms with Crippen LogP contribution in [-0.4, -0.2) is 42.2 Å². The van der Waals surface area contributed by atoms with Crippen LogP contribution in [0, 0.1) is 0 Å². The van der Waals surface area contributed by atoms with Crippen molar-refractivity contribution in [2.45, 2.75) is 19.4 Å². The number of carbonyl (C=O) groups excluding carboxylic acids is 1. The van der Waals surface area contributed by atoms with Crippen LogP contribution in [0.15, 0.2) is 18.2 Å². The smallest absolute Gasteiger partial charge is 0.317 e. The number of carboxylic acids is 1. The predicted molar refractivity (Wildman–Crippen MR) is 72.8 cm³/mol. The summed E-state index contributed by atoms with van der Waals surface area (Å²) in [5.74, 6) is -0.0625. The Kier molecular flexibility index (Phi) is 4.45. The van der Waals surface area contributed by atoms with Crippen LogP contribution in [0.4, 0.5) is 4.79 Å². The van der Waals surface area contributed by atoms with Gasteiger partial charge >= 0.3 is 12.0 Å². The molecule has 1 aromatic rings. The molecule has 1 aliphatic rings. The molecule has 0 saturated carbocycles. The molecule has 0 aromatic heterocycles. The third kappa shape index (κ3) is 3.20. The highest BCUT2D eigenvalue weighted by Crippen LogP contribution is 2.27. The lowest BCUT2D eigenvalue weighted by atomic mass is 9.99. The number of urea groups is 1. The van der Waals surface area contributed by atoms with Crippen LogP contribution in [0.2, 0.25) is 0 Å². The molecule has 2 amide bonds. The van der Waals surface area contributed by atoms with Gasteiger partial charge in [-0.2, -0.15) is 0 Å². The fourth-order valence-corrected chi connectivity index (χ4v) is 2.33. The fourth-order valence-electron chi connectivity index (χ4n) is 2.33. The highest BCUT2D eigenvalue weighted by atomic mass is 16.5. The molecule has 0 saturated heterocycles. The first-order chi connectivity index (χ1) is 9.61. The van der Waals surface area contributed by atoms with E-state index in [1.807, 2.05) is 18.2 Å².